The summed E-state index contributed by atoms with van der Waals surface area (Å²) in [7, 11) is -3.49. The molecule has 1 aromatic heterocycles. The van der Waals surface area contributed by atoms with E-state index in [1.165, 1.54) is 16.9 Å². The highest BCUT2D eigenvalue weighted by Gasteiger charge is 2.30. The average molecular weight is 322 g/mol. The second kappa shape index (κ2) is 5.53. The van der Waals surface area contributed by atoms with Crippen molar-refractivity contribution in [1.82, 2.24) is 4.31 Å². The van der Waals surface area contributed by atoms with E-state index in [1.54, 1.807) is 4.31 Å². The van der Waals surface area contributed by atoms with Crippen LogP contribution in [0.4, 0.5) is 0 Å². The Morgan fingerprint density at radius 2 is 2.10 bits per heavy atom. The van der Waals surface area contributed by atoms with E-state index in [9.17, 15) is 8.42 Å². The summed E-state index contributed by atoms with van der Waals surface area (Å²) in [4.78, 5) is 1.14. The molecule has 0 aliphatic carbocycles. The monoisotopic (exact) mass is 322 g/mol. The normalized spacial score (nSPS) is 17.1. The number of hydrogen-bond donors (Lipinski definition) is 1. The van der Waals surface area contributed by atoms with Crippen LogP contribution in [0.5, 0.6) is 0 Å². The molecule has 0 fully saturated rings. The highest BCUT2D eigenvalue weighted by molar-refractivity contribution is 7.89. The summed E-state index contributed by atoms with van der Waals surface area (Å²) in [5.41, 5.74) is 7.02. The number of fused-ring (bicyclic) bond motifs is 1. The molecule has 0 saturated heterocycles. The van der Waals surface area contributed by atoms with E-state index in [1.807, 2.05) is 37.3 Å². The quantitative estimate of drug-likeness (QED) is 0.884. The molecule has 0 atom stereocenters. The van der Waals surface area contributed by atoms with E-state index >= 15 is 0 Å². The van der Waals surface area contributed by atoms with Crippen molar-refractivity contribution in [1.29, 1.82) is 0 Å². The average Bonchev–Trinajstić information content (AvgIpc) is 2.87. The van der Waals surface area contributed by atoms with Gasteiger partial charge in [-0.1, -0.05) is 29.8 Å². The van der Waals surface area contributed by atoms with Crippen LogP contribution in [0.25, 0.3) is 10.1 Å². The van der Waals surface area contributed by atoms with Crippen molar-refractivity contribution in [3.05, 3.63) is 40.8 Å². The van der Waals surface area contributed by atoms with Crippen LogP contribution in [0.15, 0.2) is 40.8 Å². The third kappa shape index (κ3) is 2.53. The summed E-state index contributed by atoms with van der Waals surface area (Å²) >= 11 is 1.47. The smallest absolute Gasteiger partial charge is 0.245 e. The van der Waals surface area contributed by atoms with Gasteiger partial charge < -0.3 is 5.73 Å². The Balaban J connectivity index is 2.14. The number of sulfonamides is 1. The second-order valence-corrected chi connectivity index (χ2v) is 8.23. The van der Waals surface area contributed by atoms with Crippen molar-refractivity contribution in [2.75, 3.05) is 13.1 Å². The van der Waals surface area contributed by atoms with Gasteiger partial charge in [-0.2, -0.15) is 4.31 Å². The van der Waals surface area contributed by atoms with E-state index in [2.05, 4.69) is 0 Å². The number of nitrogens with two attached hydrogens (primary N) is 1. The summed E-state index contributed by atoms with van der Waals surface area (Å²) in [6, 6.07) is 7.60. The zero-order chi connectivity index (χ0) is 15.0. The molecular weight excluding hydrogens is 304 g/mol. The summed E-state index contributed by atoms with van der Waals surface area (Å²) < 4.78 is 28.5. The van der Waals surface area contributed by atoms with Crippen molar-refractivity contribution in [3.8, 4) is 0 Å². The number of benzene rings is 1. The fourth-order valence-corrected chi connectivity index (χ4v) is 5.76. The highest BCUT2D eigenvalue weighted by Crippen LogP contribution is 2.36. The van der Waals surface area contributed by atoms with Crippen LogP contribution in [0.2, 0.25) is 0 Å². The van der Waals surface area contributed by atoms with Gasteiger partial charge in [0, 0.05) is 34.6 Å². The molecule has 1 aromatic carbocycles. The first kappa shape index (κ1) is 14.7. The van der Waals surface area contributed by atoms with Gasteiger partial charge in [0.15, 0.2) is 0 Å². The molecule has 2 heterocycles. The van der Waals surface area contributed by atoms with E-state index in [0.717, 1.165) is 21.4 Å². The summed E-state index contributed by atoms with van der Waals surface area (Å²) in [6.45, 7) is 3.27. The first-order chi connectivity index (χ1) is 10.0. The van der Waals surface area contributed by atoms with Crippen LogP contribution in [-0.2, 0) is 16.6 Å². The second-order valence-electron chi connectivity index (χ2n) is 5.22. The lowest BCUT2D eigenvalue weighted by molar-refractivity contribution is 0.431. The number of nitrogens with zero attached hydrogens (tertiary/aromatic N) is 1. The zero-order valence-corrected chi connectivity index (χ0v) is 13.5. The number of rotatable bonds is 3. The van der Waals surface area contributed by atoms with Crippen LogP contribution >= 0.6 is 11.3 Å². The first-order valence-electron chi connectivity index (χ1n) is 6.90. The maximum Gasteiger partial charge on any atom is 0.245 e. The standard InChI is InChI=1S/C15H18N2O2S2/c1-11-6-8-17(9-7-11)21(18,19)15-12-4-2-3-5-13(12)20-14(15)10-16/h2-6H,7-10,16H2,1H3. The topological polar surface area (TPSA) is 63.4 Å². The molecule has 2 aromatic rings. The van der Waals surface area contributed by atoms with Gasteiger partial charge in [0.1, 0.15) is 4.90 Å². The molecule has 2 N–H and O–H groups in total. The molecule has 0 amide bonds. The SMILES string of the molecule is CC1=CCN(S(=O)(=O)c2c(CN)sc3ccccc23)CC1. The Morgan fingerprint density at radius 3 is 2.76 bits per heavy atom. The van der Waals surface area contributed by atoms with E-state index in [0.29, 0.717) is 18.0 Å². The lowest BCUT2D eigenvalue weighted by Crippen LogP contribution is -2.35. The summed E-state index contributed by atoms with van der Waals surface area (Å²) in [5.74, 6) is 0. The molecular formula is C15H18N2O2S2. The van der Waals surface area contributed by atoms with Gasteiger partial charge in [-0.05, 0) is 19.4 Å². The van der Waals surface area contributed by atoms with E-state index in [-0.39, 0.29) is 6.54 Å². The van der Waals surface area contributed by atoms with Crippen molar-refractivity contribution in [2.24, 2.45) is 5.73 Å². The van der Waals surface area contributed by atoms with Gasteiger partial charge in [0.2, 0.25) is 10.0 Å². The summed E-state index contributed by atoms with van der Waals surface area (Å²) in [5, 5.41) is 0.786. The predicted octanol–water partition coefficient (Wildman–Crippen LogP) is 2.70. The maximum atomic E-state index is 13.0. The van der Waals surface area contributed by atoms with Gasteiger partial charge in [0.05, 0.1) is 0 Å². The molecule has 21 heavy (non-hydrogen) atoms. The van der Waals surface area contributed by atoms with E-state index in [4.69, 9.17) is 5.73 Å². The largest absolute Gasteiger partial charge is 0.326 e. The Bertz CT molecular complexity index is 806. The maximum absolute atomic E-state index is 13.0. The Labute approximate surface area is 128 Å². The molecule has 0 unspecified atom stereocenters. The van der Waals surface area contributed by atoms with Crippen molar-refractivity contribution in [2.45, 2.75) is 24.8 Å². The Kier molecular flexibility index (Phi) is 3.88. The van der Waals surface area contributed by atoms with Crippen molar-refractivity contribution < 1.29 is 8.42 Å². The van der Waals surface area contributed by atoms with Crippen LogP contribution < -0.4 is 5.73 Å². The molecule has 4 nitrogen and oxygen atoms in total. The minimum atomic E-state index is -3.49. The van der Waals surface area contributed by atoms with Crippen molar-refractivity contribution in [3.63, 3.8) is 0 Å². The number of thiophene rings is 1. The minimum absolute atomic E-state index is 0.247. The lowest BCUT2D eigenvalue weighted by atomic mass is 10.1. The Hall–Kier alpha value is -1.21. The van der Waals surface area contributed by atoms with Crippen LogP contribution in [0.1, 0.15) is 18.2 Å². The van der Waals surface area contributed by atoms with Crippen molar-refractivity contribution >= 4 is 31.4 Å². The van der Waals surface area contributed by atoms with Crippen LogP contribution in [0, 0.1) is 0 Å². The van der Waals surface area contributed by atoms with Gasteiger partial charge >= 0.3 is 0 Å². The molecule has 0 radical (unpaired) electrons. The molecule has 0 saturated carbocycles. The molecule has 3 rings (SSSR count). The summed E-state index contributed by atoms with van der Waals surface area (Å²) in [6.07, 6.45) is 2.77. The molecule has 1 aliphatic rings. The highest BCUT2D eigenvalue weighted by atomic mass is 32.2. The van der Waals surface area contributed by atoms with E-state index < -0.39 is 10.0 Å². The number of hydrogen-bond acceptors (Lipinski definition) is 4. The van der Waals surface area contributed by atoms with Gasteiger partial charge in [-0.15, -0.1) is 11.3 Å². The molecule has 0 bridgehead atoms. The van der Waals surface area contributed by atoms with Crippen LogP contribution in [0.3, 0.4) is 0 Å². The zero-order valence-electron chi connectivity index (χ0n) is 11.9. The fourth-order valence-electron chi connectivity index (χ4n) is 2.59. The van der Waals surface area contributed by atoms with Crippen LogP contribution in [-0.4, -0.2) is 25.8 Å². The third-order valence-corrected chi connectivity index (χ3v) is 7.12. The first-order valence-corrected chi connectivity index (χ1v) is 9.16. The fraction of sp³-hybridized carbons (Fsp3) is 0.333. The van der Waals surface area contributed by atoms with Gasteiger partial charge in [-0.3, -0.25) is 0 Å². The van der Waals surface area contributed by atoms with Gasteiger partial charge in [-0.25, -0.2) is 8.42 Å². The molecule has 6 heteroatoms. The minimum Gasteiger partial charge on any atom is -0.326 e. The lowest BCUT2D eigenvalue weighted by Gasteiger charge is -2.25. The molecule has 112 valence electrons. The predicted molar refractivity (Wildman–Crippen MR) is 86.8 cm³/mol. The third-order valence-electron chi connectivity index (χ3n) is 3.80. The Morgan fingerprint density at radius 1 is 1.33 bits per heavy atom. The molecule has 1 aliphatic heterocycles. The van der Waals surface area contributed by atoms with Gasteiger partial charge in [0.25, 0.3) is 0 Å². The molecule has 0 spiro atoms.